The third-order valence-electron chi connectivity index (χ3n) is 13.3. The fourth-order valence-electron chi connectivity index (χ4n) is 11.6. The van der Waals surface area contributed by atoms with Crippen molar-refractivity contribution in [3.8, 4) is 0 Å². The average Bonchev–Trinajstić information content (AvgIpc) is 3.18. The molecule has 0 aromatic carbocycles. The van der Waals surface area contributed by atoms with E-state index in [1.165, 1.54) is 0 Å². The number of aliphatic carboxylic acids is 2. The van der Waals surface area contributed by atoms with Crippen molar-refractivity contribution in [3.63, 3.8) is 0 Å². The lowest BCUT2D eigenvalue weighted by Crippen LogP contribution is -2.69. The molecule has 5 rings (SSSR count). The first kappa shape index (κ1) is 25.3. The summed E-state index contributed by atoms with van der Waals surface area (Å²) in [5, 5.41) is 32.5. The van der Waals surface area contributed by atoms with Gasteiger partial charge in [0.1, 0.15) is 0 Å². The number of hydrogen-bond donors (Lipinski definition) is 3. The lowest BCUT2D eigenvalue weighted by atomic mass is 9.32. The maximum Gasteiger partial charge on any atom is 0.310 e. The van der Waals surface area contributed by atoms with E-state index in [-0.39, 0.29) is 46.0 Å². The minimum Gasteiger partial charge on any atom is -0.481 e. The quantitative estimate of drug-likeness (QED) is 0.416. The van der Waals surface area contributed by atoms with E-state index in [1.807, 2.05) is 6.92 Å². The number of carboxylic acids is 2. The predicted molar refractivity (Wildman–Crippen MR) is 135 cm³/mol. The molecule has 5 aliphatic rings. The van der Waals surface area contributed by atoms with Gasteiger partial charge in [0.05, 0.1) is 16.9 Å². The van der Waals surface area contributed by atoms with Gasteiger partial charge in [-0.1, -0.05) is 39.8 Å². The van der Waals surface area contributed by atoms with Crippen LogP contribution in [0.15, 0.2) is 12.2 Å². The van der Waals surface area contributed by atoms with Crippen molar-refractivity contribution in [2.45, 2.75) is 105 Å². The molecule has 0 bridgehead atoms. The average molecular weight is 487 g/mol. The Morgan fingerprint density at radius 3 is 2.09 bits per heavy atom. The molecule has 0 spiro atoms. The molecule has 5 heteroatoms. The molecule has 5 aliphatic carbocycles. The number of hydrogen-bond acceptors (Lipinski definition) is 3. The van der Waals surface area contributed by atoms with Crippen LogP contribution in [0.4, 0.5) is 0 Å². The lowest BCUT2D eigenvalue weighted by molar-refractivity contribution is -0.254. The summed E-state index contributed by atoms with van der Waals surface area (Å²) in [6.45, 7) is 15.3. The molecular weight excluding hydrogens is 440 g/mol. The monoisotopic (exact) mass is 486 g/mol. The minimum atomic E-state index is -0.897. The Labute approximate surface area is 210 Å². The smallest absolute Gasteiger partial charge is 0.310 e. The SMILES string of the molecule is C=C(C)[C@H]1CC[C@]2(C(=O)O)CC[C@]3(C(=O)O)[C@H](CC[C@@H]4[C@@]5(C)CC[C@H](O)C(C)(C)[C@@H]5CC[C@]43C)[C@@H]12. The molecular formula is C30H46O5. The van der Waals surface area contributed by atoms with E-state index in [9.17, 15) is 24.9 Å². The topological polar surface area (TPSA) is 94.8 Å². The number of carboxylic acid groups (broad SMARTS) is 2. The van der Waals surface area contributed by atoms with Crippen molar-refractivity contribution in [3.05, 3.63) is 12.2 Å². The third-order valence-corrected chi connectivity index (χ3v) is 13.3. The summed E-state index contributed by atoms with van der Waals surface area (Å²) in [5.74, 6) is -0.959. The van der Waals surface area contributed by atoms with E-state index in [4.69, 9.17) is 0 Å². The lowest BCUT2D eigenvalue weighted by Gasteiger charge is -2.71. The van der Waals surface area contributed by atoms with Crippen LogP contribution >= 0.6 is 0 Å². The molecule has 10 atom stereocenters. The number of aliphatic hydroxyl groups is 1. The number of fused-ring (bicyclic) bond motifs is 7. The molecule has 5 fully saturated rings. The van der Waals surface area contributed by atoms with Crippen molar-refractivity contribution in [2.24, 2.45) is 56.7 Å². The normalized spacial score (nSPS) is 52.4. The van der Waals surface area contributed by atoms with Gasteiger partial charge in [-0.15, -0.1) is 0 Å². The van der Waals surface area contributed by atoms with Gasteiger partial charge in [-0.2, -0.15) is 0 Å². The highest BCUT2D eigenvalue weighted by Gasteiger charge is 2.75. The summed E-state index contributed by atoms with van der Waals surface area (Å²) in [4.78, 5) is 26.3. The Balaban J connectivity index is 1.64. The van der Waals surface area contributed by atoms with Gasteiger partial charge in [0.2, 0.25) is 0 Å². The molecule has 0 amide bonds. The van der Waals surface area contributed by atoms with Crippen LogP contribution in [0.2, 0.25) is 0 Å². The van der Waals surface area contributed by atoms with Crippen molar-refractivity contribution in [1.29, 1.82) is 0 Å². The van der Waals surface area contributed by atoms with Crippen molar-refractivity contribution < 1.29 is 24.9 Å². The molecule has 0 radical (unpaired) electrons. The van der Waals surface area contributed by atoms with Crippen molar-refractivity contribution >= 4 is 11.9 Å². The zero-order chi connectivity index (χ0) is 25.8. The molecule has 196 valence electrons. The molecule has 0 aromatic heterocycles. The van der Waals surface area contributed by atoms with Crippen molar-refractivity contribution in [1.82, 2.24) is 0 Å². The largest absolute Gasteiger partial charge is 0.481 e. The van der Waals surface area contributed by atoms with Gasteiger partial charge in [0.15, 0.2) is 0 Å². The van der Waals surface area contributed by atoms with Gasteiger partial charge < -0.3 is 15.3 Å². The van der Waals surface area contributed by atoms with E-state index in [0.717, 1.165) is 50.5 Å². The van der Waals surface area contributed by atoms with Gasteiger partial charge in [0.25, 0.3) is 0 Å². The number of aliphatic hydroxyl groups excluding tert-OH is 1. The number of carbonyl (C=O) groups is 2. The third kappa shape index (κ3) is 2.85. The van der Waals surface area contributed by atoms with Gasteiger partial charge in [-0.05, 0) is 117 Å². The Hall–Kier alpha value is -1.36. The highest BCUT2D eigenvalue weighted by atomic mass is 16.4. The van der Waals surface area contributed by atoms with Gasteiger partial charge in [-0.3, -0.25) is 9.59 Å². The van der Waals surface area contributed by atoms with Crippen LogP contribution in [0.3, 0.4) is 0 Å². The molecule has 0 aromatic rings. The summed E-state index contributed by atoms with van der Waals surface area (Å²) in [6, 6.07) is 0. The summed E-state index contributed by atoms with van der Waals surface area (Å²) < 4.78 is 0. The minimum absolute atomic E-state index is 0.00604. The Kier molecular flexibility index (Phi) is 5.48. The second-order valence-electron chi connectivity index (χ2n) is 14.4. The zero-order valence-electron chi connectivity index (χ0n) is 22.4. The van der Waals surface area contributed by atoms with E-state index in [2.05, 4.69) is 34.3 Å². The zero-order valence-corrected chi connectivity index (χ0v) is 22.4. The summed E-state index contributed by atoms with van der Waals surface area (Å²) in [7, 11) is 0. The maximum absolute atomic E-state index is 13.5. The molecule has 0 heterocycles. The van der Waals surface area contributed by atoms with Gasteiger partial charge in [0, 0.05) is 0 Å². The van der Waals surface area contributed by atoms with Crippen LogP contribution in [-0.4, -0.2) is 33.4 Å². The van der Waals surface area contributed by atoms with E-state index >= 15 is 0 Å². The van der Waals surface area contributed by atoms with Gasteiger partial charge in [-0.25, -0.2) is 0 Å². The Morgan fingerprint density at radius 2 is 1.49 bits per heavy atom. The predicted octanol–water partition coefficient (Wildman–Crippen LogP) is 6.15. The molecule has 0 aliphatic heterocycles. The molecule has 5 saturated carbocycles. The Morgan fingerprint density at radius 1 is 0.800 bits per heavy atom. The van der Waals surface area contributed by atoms with Crippen LogP contribution in [0.25, 0.3) is 0 Å². The first-order chi connectivity index (χ1) is 16.2. The standard InChI is InChI=1S/C30H46O5/c1-17(2)18-9-14-29(24(32)33)15-16-30(25(34)35)19(23(18)29)7-8-21-27(5)12-11-22(31)26(3,4)20(27)10-13-28(21,30)6/h18-23,31H,1,7-16H2,2-6H3,(H,32,33)(H,34,35)/t18-,19-,20+,21-,22+,23-,27+,28-,29+,30-/m1/s1. The maximum atomic E-state index is 13.5. The Bertz CT molecular complexity index is 954. The fraction of sp³-hybridized carbons (Fsp3) is 0.867. The molecule has 0 unspecified atom stereocenters. The van der Waals surface area contributed by atoms with Crippen LogP contribution in [0.1, 0.15) is 98.8 Å². The highest BCUT2D eigenvalue weighted by molar-refractivity contribution is 5.80. The van der Waals surface area contributed by atoms with Crippen LogP contribution in [-0.2, 0) is 9.59 Å². The molecule has 5 nitrogen and oxygen atoms in total. The van der Waals surface area contributed by atoms with E-state index in [0.29, 0.717) is 25.2 Å². The summed E-state index contributed by atoms with van der Waals surface area (Å²) in [6.07, 6.45) is 7.34. The van der Waals surface area contributed by atoms with Crippen LogP contribution in [0.5, 0.6) is 0 Å². The van der Waals surface area contributed by atoms with E-state index < -0.39 is 22.8 Å². The van der Waals surface area contributed by atoms with Gasteiger partial charge >= 0.3 is 11.9 Å². The van der Waals surface area contributed by atoms with Crippen molar-refractivity contribution in [2.75, 3.05) is 0 Å². The second kappa shape index (κ2) is 7.58. The second-order valence-corrected chi connectivity index (χ2v) is 14.4. The molecule has 35 heavy (non-hydrogen) atoms. The van der Waals surface area contributed by atoms with E-state index in [1.54, 1.807) is 0 Å². The van der Waals surface area contributed by atoms with Crippen LogP contribution < -0.4 is 0 Å². The summed E-state index contributed by atoms with van der Waals surface area (Å²) >= 11 is 0. The first-order valence-corrected chi connectivity index (χ1v) is 14.0. The van der Waals surface area contributed by atoms with Crippen LogP contribution in [0, 0.1) is 56.7 Å². The summed E-state index contributed by atoms with van der Waals surface area (Å²) in [5.41, 5.74) is -1.25. The molecule has 0 saturated heterocycles. The fourth-order valence-corrected chi connectivity index (χ4v) is 11.6. The number of rotatable bonds is 3. The first-order valence-electron chi connectivity index (χ1n) is 14.0. The number of allylic oxidation sites excluding steroid dienone is 1. The molecule has 3 N–H and O–H groups in total. The highest BCUT2D eigenvalue weighted by Crippen LogP contribution is 2.77.